The molecule has 94 valence electrons. The van der Waals surface area contributed by atoms with Crippen molar-refractivity contribution < 1.29 is 0 Å². The van der Waals surface area contributed by atoms with Crippen LogP contribution in [0.5, 0.6) is 0 Å². The highest BCUT2D eigenvalue weighted by atomic mass is 79.9. The van der Waals surface area contributed by atoms with Gasteiger partial charge in [0.15, 0.2) is 0 Å². The van der Waals surface area contributed by atoms with Crippen LogP contribution in [0.1, 0.15) is 0 Å². The van der Waals surface area contributed by atoms with E-state index in [1.54, 1.807) is 0 Å². The number of halogens is 2. The quantitative estimate of drug-likeness (QED) is 0.689. The average molecular weight is 334 g/mol. The van der Waals surface area contributed by atoms with Gasteiger partial charge < -0.3 is 4.98 Å². The fraction of sp³-hybridized carbons (Fsp3) is 0. The van der Waals surface area contributed by atoms with E-state index < -0.39 is 0 Å². The van der Waals surface area contributed by atoms with Crippen molar-refractivity contribution in [2.24, 2.45) is 0 Å². The molecule has 1 aromatic heterocycles. The Hall–Kier alpha value is -1.58. The Kier molecular flexibility index (Phi) is 3.40. The molecule has 2 nitrogen and oxygen atoms in total. The molecular formula is C15H10BrClN2. The molecule has 0 saturated heterocycles. The second-order valence-corrected chi connectivity index (χ2v) is 5.43. The van der Waals surface area contributed by atoms with E-state index in [0.717, 1.165) is 27.1 Å². The fourth-order valence-electron chi connectivity index (χ4n) is 1.92. The molecule has 0 aliphatic rings. The SMILES string of the molecule is Clc1cccc(-c2ncc(-c3ccccc3Br)[nH]2)c1. The Balaban J connectivity index is 2.03. The lowest BCUT2D eigenvalue weighted by Gasteiger charge is -2.01. The molecule has 0 fully saturated rings. The maximum atomic E-state index is 5.99. The molecule has 19 heavy (non-hydrogen) atoms. The van der Waals surface area contributed by atoms with E-state index in [-0.39, 0.29) is 0 Å². The van der Waals surface area contributed by atoms with Crippen molar-refractivity contribution in [2.75, 3.05) is 0 Å². The lowest BCUT2D eigenvalue weighted by molar-refractivity contribution is 1.31. The van der Waals surface area contributed by atoms with Gasteiger partial charge in [-0.15, -0.1) is 0 Å². The van der Waals surface area contributed by atoms with Crippen molar-refractivity contribution in [2.45, 2.75) is 0 Å². The van der Waals surface area contributed by atoms with Crippen LogP contribution in [0.25, 0.3) is 22.6 Å². The molecule has 0 unspecified atom stereocenters. The molecule has 0 saturated carbocycles. The molecule has 0 aliphatic heterocycles. The molecule has 0 spiro atoms. The highest BCUT2D eigenvalue weighted by Gasteiger charge is 2.07. The summed E-state index contributed by atoms with van der Waals surface area (Å²) in [6, 6.07) is 15.7. The van der Waals surface area contributed by atoms with E-state index in [1.807, 2.05) is 54.7 Å². The summed E-state index contributed by atoms with van der Waals surface area (Å²) in [4.78, 5) is 7.72. The van der Waals surface area contributed by atoms with E-state index >= 15 is 0 Å². The molecule has 0 atom stereocenters. The highest BCUT2D eigenvalue weighted by Crippen LogP contribution is 2.28. The van der Waals surface area contributed by atoms with Crippen molar-refractivity contribution in [3.05, 3.63) is 64.2 Å². The number of benzene rings is 2. The summed E-state index contributed by atoms with van der Waals surface area (Å²) in [5.41, 5.74) is 3.04. The summed E-state index contributed by atoms with van der Waals surface area (Å²) in [5.74, 6) is 0.813. The molecular weight excluding hydrogens is 324 g/mol. The van der Waals surface area contributed by atoms with Crippen LogP contribution in [0.15, 0.2) is 59.2 Å². The van der Waals surface area contributed by atoms with Crippen LogP contribution in [0, 0.1) is 0 Å². The van der Waals surface area contributed by atoms with Gasteiger partial charge in [-0.2, -0.15) is 0 Å². The van der Waals surface area contributed by atoms with E-state index in [1.165, 1.54) is 0 Å². The van der Waals surface area contributed by atoms with Crippen LogP contribution in [0.3, 0.4) is 0 Å². The molecule has 0 radical (unpaired) electrons. The molecule has 3 aromatic rings. The number of aromatic nitrogens is 2. The molecule has 0 amide bonds. The van der Waals surface area contributed by atoms with E-state index in [4.69, 9.17) is 11.6 Å². The predicted molar refractivity (Wildman–Crippen MR) is 82.2 cm³/mol. The summed E-state index contributed by atoms with van der Waals surface area (Å²) in [7, 11) is 0. The summed E-state index contributed by atoms with van der Waals surface area (Å²) in [6.07, 6.45) is 1.83. The minimum atomic E-state index is 0.705. The Labute approximate surface area is 124 Å². The van der Waals surface area contributed by atoms with Crippen LogP contribution in [-0.4, -0.2) is 9.97 Å². The summed E-state index contributed by atoms with van der Waals surface area (Å²) >= 11 is 9.54. The lowest BCUT2D eigenvalue weighted by Crippen LogP contribution is -1.82. The number of imidazole rings is 1. The predicted octanol–water partition coefficient (Wildman–Crippen LogP) is 5.16. The standard InChI is InChI=1S/C15H10BrClN2/c16-13-7-2-1-6-12(13)14-9-18-15(19-14)10-4-3-5-11(17)8-10/h1-9H,(H,18,19). The van der Waals surface area contributed by atoms with Gasteiger partial charge in [0.1, 0.15) is 5.82 Å². The Morgan fingerprint density at radius 3 is 2.68 bits per heavy atom. The zero-order valence-electron chi connectivity index (χ0n) is 9.90. The zero-order valence-corrected chi connectivity index (χ0v) is 12.2. The van der Waals surface area contributed by atoms with Crippen molar-refractivity contribution in [3.8, 4) is 22.6 Å². The second kappa shape index (κ2) is 5.19. The van der Waals surface area contributed by atoms with Gasteiger partial charge in [-0.25, -0.2) is 4.98 Å². The third-order valence-electron chi connectivity index (χ3n) is 2.84. The number of hydrogen-bond donors (Lipinski definition) is 1. The third-order valence-corrected chi connectivity index (χ3v) is 3.76. The van der Waals surface area contributed by atoms with Gasteiger partial charge in [0.05, 0.1) is 11.9 Å². The monoisotopic (exact) mass is 332 g/mol. The third kappa shape index (κ3) is 2.57. The summed E-state index contributed by atoms with van der Waals surface area (Å²) < 4.78 is 1.04. The summed E-state index contributed by atoms with van der Waals surface area (Å²) in [5, 5.41) is 0.705. The van der Waals surface area contributed by atoms with Crippen LogP contribution in [0.4, 0.5) is 0 Å². The topological polar surface area (TPSA) is 28.7 Å². The van der Waals surface area contributed by atoms with Crippen LogP contribution in [0.2, 0.25) is 5.02 Å². The van der Waals surface area contributed by atoms with Crippen LogP contribution in [-0.2, 0) is 0 Å². The first-order valence-corrected chi connectivity index (χ1v) is 6.97. The van der Waals surface area contributed by atoms with Gasteiger partial charge in [-0.3, -0.25) is 0 Å². The molecule has 1 heterocycles. The molecule has 4 heteroatoms. The van der Waals surface area contributed by atoms with Crippen molar-refractivity contribution in [3.63, 3.8) is 0 Å². The minimum absolute atomic E-state index is 0.705. The van der Waals surface area contributed by atoms with E-state index in [2.05, 4.69) is 25.9 Å². The highest BCUT2D eigenvalue weighted by molar-refractivity contribution is 9.10. The van der Waals surface area contributed by atoms with Gasteiger partial charge in [0.2, 0.25) is 0 Å². The first kappa shape index (κ1) is 12.5. The van der Waals surface area contributed by atoms with Gasteiger partial charge >= 0.3 is 0 Å². The average Bonchev–Trinajstić information content (AvgIpc) is 2.89. The van der Waals surface area contributed by atoms with E-state index in [9.17, 15) is 0 Å². The fourth-order valence-corrected chi connectivity index (χ4v) is 2.61. The number of nitrogens with one attached hydrogen (secondary N) is 1. The van der Waals surface area contributed by atoms with Crippen molar-refractivity contribution >= 4 is 27.5 Å². The first-order chi connectivity index (χ1) is 9.24. The number of hydrogen-bond acceptors (Lipinski definition) is 1. The Morgan fingerprint density at radius 1 is 1.05 bits per heavy atom. The Morgan fingerprint density at radius 2 is 1.89 bits per heavy atom. The van der Waals surface area contributed by atoms with Gasteiger partial charge in [0.25, 0.3) is 0 Å². The summed E-state index contributed by atoms with van der Waals surface area (Å²) in [6.45, 7) is 0. The number of H-pyrrole nitrogens is 1. The molecule has 1 N–H and O–H groups in total. The van der Waals surface area contributed by atoms with E-state index in [0.29, 0.717) is 5.02 Å². The Bertz CT molecular complexity index is 721. The minimum Gasteiger partial charge on any atom is -0.338 e. The zero-order chi connectivity index (χ0) is 13.2. The lowest BCUT2D eigenvalue weighted by atomic mass is 10.2. The van der Waals surface area contributed by atoms with Gasteiger partial charge in [-0.1, -0.05) is 57.9 Å². The number of rotatable bonds is 2. The molecule has 2 aromatic carbocycles. The van der Waals surface area contributed by atoms with Crippen molar-refractivity contribution in [1.82, 2.24) is 9.97 Å². The number of nitrogens with zero attached hydrogens (tertiary/aromatic N) is 1. The first-order valence-electron chi connectivity index (χ1n) is 5.80. The van der Waals surface area contributed by atoms with Crippen LogP contribution < -0.4 is 0 Å². The molecule has 3 rings (SSSR count). The molecule has 0 aliphatic carbocycles. The maximum Gasteiger partial charge on any atom is 0.137 e. The normalized spacial score (nSPS) is 10.6. The van der Waals surface area contributed by atoms with Crippen LogP contribution >= 0.6 is 27.5 Å². The smallest absolute Gasteiger partial charge is 0.137 e. The van der Waals surface area contributed by atoms with Crippen molar-refractivity contribution in [1.29, 1.82) is 0 Å². The largest absolute Gasteiger partial charge is 0.338 e. The maximum absolute atomic E-state index is 5.99. The molecule has 0 bridgehead atoms. The second-order valence-electron chi connectivity index (χ2n) is 4.14. The number of aromatic amines is 1. The van der Waals surface area contributed by atoms with Gasteiger partial charge in [-0.05, 0) is 18.2 Å². The van der Waals surface area contributed by atoms with Gasteiger partial charge in [0, 0.05) is 20.6 Å².